The van der Waals surface area contributed by atoms with Crippen LogP contribution >= 0.6 is 0 Å². The third kappa shape index (κ3) is 3.73. The van der Waals surface area contributed by atoms with Crippen LogP contribution in [0.25, 0.3) is 0 Å². The molecule has 0 spiro atoms. The van der Waals surface area contributed by atoms with Gasteiger partial charge in [-0.15, -0.1) is 0 Å². The largest absolute Gasteiger partial charge is 0.496 e. The predicted octanol–water partition coefficient (Wildman–Crippen LogP) is 2.12. The molecule has 1 amide bonds. The van der Waals surface area contributed by atoms with Gasteiger partial charge in [-0.1, -0.05) is 11.6 Å². The van der Waals surface area contributed by atoms with E-state index in [2.05, 4.69) is 17.6 Å². The second-order valence-electron chi connectivity index (χ2n) is 5.67. The number of ether oxygens (including phenoxy) is 1. The molecule has 4 nitrogen and oxygen atoms in total. The van der Waals surface area contributed by atoms with E-state index < -0.39 is 0 Å². The van der Waals surface area contributed by atoms with Crippen LogP contribution in [-0.2, 0) is 0 Å². The van der Waals surface area contributed by atoms with E-state index >= 15 is 0 Å². The summed E-state index contributed by atoms with van der Waals surface area (Å²) < 4.78 is 5.25. The number of carbonyl (C=O) groups is 1. The van der Waals surface area contributed by atoms with E-state index in [-0.39, 0.29) is 5.91 Å². The van der Waals surface area contributed by atoms with E-state index in [4.69, 9.17) is 4.74 Å². The number of hydrogen-bond donors (Lipinski definition) is 2. The van der Waals surface area contributed by atoms with Crippen molar-refractivity contribution in [1.29, 1.82) is 0 Å². The van der Waals surface area contributed by atoms with Crippen LogP contribution in [-0.4, -0.2) is 32.1 Å². The minimum absolute atomic E-state index is 0.0517. The van der Waals surface area contributed by atoms with Crippen molar-refractivity contribution in [3.63, 3.8) is 0 Å². The monoisotopic (exact) mass is 276 g/mol. The second-order valence-corrected chi connectivity index (χ2v) is 5.67. The molecule has 2 unspecified atom stereocenters. The van der Waals surface area contributed by atoms with Gasteiger partial charge in [0, 0.05) is 12.6 Å². The zero-order valence-electron chi connectivity index (χ0n) is 12.5. The predicted molar refractivity (Wildman–Crippen MR) is 80.3 cm³/mol. The number of benzene rings is 1. The van der Waals surface area contributed by atoms with Crippen molar-refractivity contribution in [1.82, 2.24) is 10.6 Å². The van der Waals surface area contributed by atoms with E-state index in [1.165, 1.54) is 12.8 Å². The van der Waals surface area contributed by atoms with Gasteiger partial charge < -0.3 is 15.4 Å². The first-order valence-electron chi connectivity index (χ1n) is 7.26. The normalized spacial score (nSPS) is 22.4. The van der Waals surface area contributed by atoms with Crippen LogP contribution in [0, 0.1) is 12.8 Å². The van der Waals surface area contributed by atoms with Gasteiger partial charge in [0.05, 0.1) is 12.7 Å². The summed E-state index contributed by atoms with van der Waals surface area (Å²) in [5.41, 5.74) is 1.67. The standard InChI is InChI=1S/C16H24N2O2/c1-11-4-7-15(20-3)14(8-11)16(19)18-10-13-6-5-12(2)17-9-13/h4,7-8,12-13,17H,5-6,9-10H2,1-3H3,(H,18,19). The Morgan fingerprint density at radius 3 is 2.90 bits per heavy atom. The number of carbonyl (C=O) groups excluding carboxylic acids is 1. The summed E-state index contributed by atoms with van der Waals surface area (Å²) >= 11 is 0. The molecule has 0 aromatic heterocycles. The SMILES string of the molecule is COc1ccc(C)cc1C(=O)NCC1CCC(C)NC1. The smallest absolute Gasteiger partial charge is 0.255 e. The van der Waals surface area contributed by atoms with Gasteiger partial charge in [-0.25, -0.2) is 0 Å². The Balaban J connectivity index is 1.93. The van der Waals surface area contributed by atoms with E-state index in [1.807, 2.05) is 25.1 Å². The summed E-state index contributed by atoms with van der Waals surface area (Å²) in [5.74, 6) is 1.10. The van der Waals surface area contributed by atoms with Crippen LogP contribution in [0.15, 0.2) is 18.2 Å². The summed E-state index contributed by atoms with van der Waals surface area (Å²) in [6.07, 6.45) is 2.34. The van der Waals surface area contributed by atoms with Crippen LogP contribution in [0.5, 0.6) is 5.75 Å². The molecule has 0 radical (unpaired) electrons. The van der Waals surface area contributed by atoms with Gasteiger partial charge in [0.2, 0.25) is 0 Å². The van der Waals surface area contributed by atoms with Crippen molar-refractivity contribution in [2.24, 2.45) is 5.92 Å². The lowest BCUT2D eigenvalue weighted by molar-refractivity contribution is 0.0940. The summed E-state index contributed by atoms with van der Waals surface area (Å²) in [5, 5.41) is 6.48. The number of aryl methyl sites for hydroxylation is 1. The van der Waals surface area contributed by atoms with E-state index in [1.54, 1.807) is 7.11 Å². The van der Waals surface area contributed by atoms with Crippen LogP contribution in [0.3, 0.4) is 0 Å². The maximum atomic E-state index is 12.3. The average molecular weight is 276 g/mol. The molecule has 1 fully saturated rings. The van der Waals surface area contributed by atoms with Gasteiger partial charge in [0.15, 0.2) is 0 Å². The fraction of sp³-hybridized carbons (Fsp3) is 0.562. The van der Waals surface area contributed by atoms with Crippen molar-refractivity contribution in [2.75, 3.05) is 20.2 Å². The van der Waals surface area contributed by atoms with Crippen molar-refractivity contribution in [3.8, 4) is 5.75 Å². The number of hydrogen-bond acceptors (Lipinski definition) is 3. The molecule has 2 rings (SSSR count). The van der Waals surface area contributed by atoms with Gasteiger partial charge in [-0.05, 0) is 51.3 Å². The van der Waals surface area contributed by atoms with Crippen LogP contribution in [0.2, 0.25) is 0 Å². The minimum atomic E-state index is -0.0517. The van der Waals surface area contributed by atoms with E-state index in [0.29, 0.717) is 23.3 Å². The Kier molecular flexibility index (Phi) is 5.01. The molecule has 1 aromatic carbocycles. The first-order chi connectivity index (χ1) is 9.60. The highest BCUT2D eigenvalue weighted by molar-refractivity contribution is 5.97. The first-order valence-corrected chi connectivity index (χ1v) is 7.26. The molecule has 20 heavy (non-hydrogen) atoms. The van der Waals surface area contributed by atoms with Crippen molar-refractivity contribution >= 4 is 5.91 Å². The molecule has 1 aromatic rings. The fourth-order valence-corrected chi connectivity index (χ4v) is 2.56. The molecule has 1 aliphatic rings. The molecule has 4 heteroatoms. The molecule has 0 aliphatic carbocycles. The molecular weight excluding hydrogens is 252 g/mol. The van der Waals surface area contributed by atoms with Gasteiger partial charge >= 0.3 is 0 Å². The molecule has 110 valence electrons. The second kappa shape index (κ2) is 6.75. The minimum Gasteiger partial charge on any atom is -0.496 e. The van der Waals surface area contributed by atoms with Crippen LogP contribution in [0.4, 0.5) is 0 Å². The number of piperidine rings is 1. The molecule has 1 aliphatic heterocycles. The average Bonchev–Trinajstić information content (AvgIpc) is 2.46. The number of nitrogens with one attached hydrogen (secondary N) is 2. The number of amides is 1. The molecule has 1 saturated heterocycles. The van der Waals surface area contributed by atoms with E-state index in [0.717, 1.165) is 18.7 Å². The molecule has 0 bridgehead atoms. The Labute approximate surface area is 120 Å². The fourth-order valence-electron chi connectivity index (χ4n) is 2.56. The summed E-state index contributed by atoms with van der Waals surface area (Å²) in [4.78, 5) is 12.3. The van der Waals surface area contributed by atoms with Crippen molar-refractivity contribution in [3.05, 3.63) is 29.3 Å². The summed E-state index contributed by atoms with van der Waals surface area (Å²) in [6, 6.07) is 6.25. The van der Waals surface area contributed by atoms with Crippen LogP contribution < -0.4 is 15.4 Å². The number of methoxy groups -OCH3 is 1. The summed E-state index contributed by atoms with van der Waals surface area (Å²) in [7, 11) is 1.59. The third-order valence-corrected chi connectivity index (χ3v) is 3.91. The van der Waals surface area contributed by atoms with Crippen molar-refractivity contribution in [2.45, 2.75) is 32.7 Å². The highest BCUT2D eigenvalue weighted by Crippen LogP contribution is 2.20. The maximum absolute atomic E-state index is 12.3. The highest BCUT2D eigenvalue weighted by Gasteiger charge is 2.19. The lowest BCUT2D eigenvalue weighted by atomic mass is 9.95. The zero-order valence-corrected chi connectivity index (χ0v) is 12.5. The molecule has 1 heterocycles. The molecular formula is C16H24N2O2. The van der Waals surface area contributed by atoms with Gasteiger partial charge in [0.25, 0.3) is 5.91 Å². The van der Waals surface area contributed by atoms with Crippen molar-refractivity contribution < 1.29 is 9.53 Å². The first kappa shape index (κ1) is 14.9. The Morgan fingerprint density at radius 2 is 2.25 bits per heavy atom. The van der Waals surface area contributed by atoms with Gasteiger partial charge in [-0.2, -0.15) is 0 Å². The van der Waals surface area contributed by atoms with Gasteiger partial charge in [0.1, 0.15) is 5.75 Å². The Bertz CT molecular complexity index is 466. The lowest BCUT2D eigenvalue weighted by Crippen LogP contribution is -2.42. The molecule has 0 saturated carbocycles. The maximum Gasteiger partial charge on any atom is 0.255 e. The Morgan fingerprint density at radius 1 is 1.45 bits per heavy atom. The van der Waals surface area contributed by atoms with E-state index in [9.17, 15) is 4.79 Å². The number of rotatable bonds is 4. The quantitative estimate of drug-likeness (QED) is 0.885. The van der Waals surface area contributed by atoms with Gasteiger partial charge in [-0.3, -0.25) is 4.79 Å². The topological polar surface area (TPSA) is 50.4 Å². The highest BCUT2D eigenvalue weighted by atomic mass is 16.5. The summed E-state index contributed by atoms with van der Waals surface area (Å²) in [6.45, 7) is 5.87. The third-order valence-electron chi connectivity index (χ3n) is 3.91. The molecule has 2 atom stereocenters. The zero-order chi connectivity index (χ0) is 14.5. The van der Waals surface area contributed by atoms with Crippen LogP contribution in [0.1, 0.15) is 35.7 Å². The lowest BCUT2D eigenvalue weighted by Gasteiger charge is -2.27. The molecule has 2 N–H and O–H groups in total. The Hall–Kier alpha value is -1.55.